The van der Waals surface area contributed by atoms with Crippen molar-refractivity contribution in [2.45, 2.75) is 43.5 Å². The number of hydrogen-bond acceptors (Lipinski definition) is 8. The number of thioether (sulfide) groups is 1. The largest absolute Gasteiger partial charge is 0.378 e. The predicted octanol–water partition coefficient (Wildman–Crippen LogP) is 3.82. The molecular formula is C20H25FN6O2S. The van der Waals surface area contributed by atoms with E-state index in [0.29, 0.717) is 49.0 Å². The number of nitrogens with zero attached hydrogens (tertiary/aromatic N) is 6. The van der Waals surface area contributed by atoms with Crippen LogP contribution in [0.2, 0.25) is 0 Å². The molecule has 0 radical (unpaired) electrons. The van der Waals surface area contributed by atoms with Crippen molar-refractivity contribution in [3.63, 3.8) is 0 Å². The van der Waals surface area contributed by atoms with Crippen LogP contribution in [-0.4, -0.2) is 51.2 Å². The molecule has 1 aliphatic rings. The standard InChI is InChI=1S/C20H25FN6O2S/c1-3-4-8-17-22-18(29-25-17)14(2)30-20-24-23-19(26-9-11-28-12-10-26)27(20)16-7-5-6-15(21)13-16/h5-7,13-14H,3-4,8-12H2,1-2H3/t14-/m1/s1. The average Bonchev–Trinajstić information content (AvgIpc) is 3.40. The van der Waals surface area contributed by atoms with E-state index in [2.05, 4.69) is 32.2 Å². The van der Waals surface area contributed by atoms with Crippen LogP contribution in [0, 0.1) is 5.82 Å². The summed E-state index contributed by atoms with van der Waals surface area (Å²) in [5.41, 5.74) is 0.672. The Hall–Kier alpha value is -2.46. The van der Waals surface area contributed by atoms with Crippen LogP contribution in [-0.2, 0) is 11.2 Å². The summed E-state index contributed by atoms with van der Waals surface area (Å²) in [5.74, 6) is 1.64. The highest BCUT2D eigenvalue weighted by Gasteiger charge is 2.25. The summed E-state index contributed by atoms with van der Waals surface area (Å²) in [6.07, 6.45) is 2.91. The molecular weight excluding hydrogens is 407 g/mol. The number of anilines is 1. The lowest BCUT2D eigenvalue weighted by atomic mass is 10.2. The van der Waals surface area contributed by atoms with Crippen LogP contribution in [0.5, 0.6) is 0 Å². The number of aryl methyl sites for hydroxylation is 1. The lowest BCUT2D eigenvalue weighted by molar-refractivity contribution is 0.122. The quantitative estimate of drug-likeness (QED) is 0.497. The number of hydrogen-bond donors (Lipinski definition) is 0. The van der Waals surface area contributed by atoms with Crippen molar-refractivity contribution >= 4 is 17.7 Å². The maximum absolute atomic E-state index is 14.0. The highest BCUT2D eigenvalue weighted by molar-refractivity contribution is 7.99. The van der Waals surface area contributed by atoms with Gasteiger partial charge in [-0.1, -0.05) is 36.3 Å². The highest BCUT2D eigenvalue weighted by Crippen LogP contribution is 2.36. The SMILES string of the molecule is CCCCc1noc([C@@H](C)Sc2nnc(N3CCOCC3)n2-c2cccc(F)c2)n1. The Kier molecular flexibility index (Phi) is 6.63. The van der Waals surface area contributed by atoms with E-state index in [1.165, 1.54) is 23.9 Å². The second-order valence-electron chi connectivity index (χ2n) is 7.11. The zero-order chi connectivity index (χ0) is 20.9. The van der Waals surface area contributed by atoms with E-state index >= 15 is 0 Å². The smallest absolute Gasteiger partial charge is 0.239 e. The minimum atomic E-state index is -0.310. The molecule has 4 rings (SSSR count). The van der Waals surface area contributed by atoms with Crippen molar-refractivity contribution in [1.29, 1.82) is 0 Å². The first kappa shape index (κ1) is 20.8. The van der Waals surface area contributed by atoms with E-state index in [-0.39, 0.29) is 11.1 Å². The van der Waals surface area contributed by atoms with Gasteiger partial charge in [0.05, 0.1) is 24.2 Å². The number of ether oxygens (including phenoxy) is 1. The molecule has 1 atom stereocenters. The molecule has 30 heavy (non-hydrogen) atoms. The Bertz CT molecular complexity index is 972. The topological polar surface area (TPSA) is 82.1 Å². The molecule has 0 spiro atoms. The molecule has 1 aliphatic heterocycles. The molecule has 0 unspecified atom stereocenters. The number of morpholine rings is 1. The van der Waals surface area contributed by atoms with Crippen LogP contribution in [0.3, 0.4) is 0 Å². The summed E-state index contributed by atoms with van der Waals surface area (Å²) in [7, 11) is 0. The van der Waals surface area contributed by atoms with Crippen LogP contribution < -0.4 is 4.90 Å². The monoisotopic (exact) mass is 432 g/mol. The fourth-order valence-electron chi connectivity index (χ4n) is 3.23. The van der Waals surface area contributed by atoms with E-state index < -0.39 is 0 Å². The van der Waals surface area contributed by atoms with Crippen LogP contribution in [0.25, 0.3) is 5.69 Å². The zero-order valence-electron chi connectivity index (χ0n) is 17.1. The zero-order valence-corrected chi connectivity index (χ0v) is 17.9. The van der Waals surface area contributed by atoms with Gasteiger partial charge in [0.2, 0.25) is 11.8 Å². The predicted molar refractivity (Wildman–Crippen MR) is 112 cm³/mol. The third-order valence-electron chi connectivity index (χ3n) is 4.84. The highest BCUT2D eigenvalue weighted by atomic mass is 32.2. The summed E-state index contributed by atoms with van der Waals surface area (Å²) in [4.78, 5) is 6.62. The number of benzene rings is 1. The van der Waals surface area contributed by atoms with Gasteiger partial charge < -0.3 is 14.2 Å². The fraction of sp³-hybridized carbons (Fsp3) is 0.500. The van der Waals surface area contributed by atoms with Gasteiger partial charge in [0, 0.05) is 19.5 Å². The molecule has 3 aromatic rings. The van der Waals surface area contributed by atoms with Crippen molar-refractivity contribution in [2.75, 3.05) is 31.2 Å². The van der Waals surface area contributed by atoms with Crippen molar-refractivity contribution in [3.8, 4) is 5.69 Å². The molecule has 0 bridgehead atoms. The Morgan fingerprint density at radius 2 is 2.07 bits per heavy atom. The summed E-state index contributed by atoms with van der Waals surface area (Å²) in [5, 5.41) is 13.4. The van der Waals surface area contributed by atoms with Gasteiger partial charge in [0.1, 0.15) is 5.82 Å². The van der Waals surface area contributed by atoms with Gasteiger partial charge in [0.15, 0.2) is 11.0 Å². The molecule has 1 aromatic carbocycles. The molecule has 0 aliphatic carbocycles. The van der Waals surface area contributed by atoms with Crippen LogP contribution in [0.1, 0.15) is 43.7 Å². The number of rotatable bonds is 8. The number of unbranched alkanes of at least 4 members (excludes halogenated alkanes) is 1. The normalized spacial score (nSPS) is 15.5. The van der Waals surface area contributed by atoms with Gasteiger partial charge in [-0.25, -0.2) is 4.39 Å². The minimum Gasteiger partial charge on any atom is -0.378 e. The Morgan fingerprint density at radius 1 is 1.23 bits per heavy atom. The Morgan fingerprint density at radius 3 is 2.83 bits per heavy atom. The number of halogens is 1. The summed E-state index contributed by atoms with van der Waals surface area (Å²) < 4.78 is 26.8. The molecule has 2 aromatic heterocycles. The maximum atomic E-state index is 14.0. The Labute approximate surface area is 178 Å². The molecule has 0 saturated carbocycles. The molecule has 160 valence electrons. The molecule has 1 saturated heterocycles. The number of aromatic nitrogens is 5. The summed E-state index contributed by atoms with van der Waals surface area (Å²) in [6.45, 7) is 6.77. The van der Waals surface area contributed by atoms with Crippen molar-refractivity contribution in [3.05, 3.63) is 41.8 Å². The first-order valence-corrected chi connectivity index (χ1v) is 11.1. The van der Waals surface area contributed by atoms with Gasteiger partial charge >= 0.3 is 0 Å². The van der Waals surface area contributed by atoms with E-state index in [4.69, 9.17) is 9.26 Å². The first-order valence-electron chi connectivity index (χ1n) is 10.2. The second-order valence-corrected chi connectivity index (χ2v) is 8.42. The van der Waals surface area contributed by atoms with Crippen LogP contribution in [0.4, 0.5) is 10.3 Å². The van der Waals surface area contributed by atoms with Crippen molar-refractivity contribution in [1.82, 2.24) is 24.9 Å². The van der Waals surface area contributed by atoms with E-state index in [9.17, 15) is 4.39 Å². The molecule has 8 nitrogen and oxygen atoms in total. The summed E-state index contributed by atoms with van der Waals surface area (Å²) in [6, 6.07) is 6.44. The lowest BCUT2D eigenvalue weighted by Crippen LogP contribution is -2.37. The minimum absolute atomic E-state index is 0.123. The molecule has 3 heterocycles. The molecule has 0 N–H and O–H groups in total. The second kappa shape index (κ2) is 9.57. The molecule has 10 heteroatoms. The van der Waals surface area contributed by atoms with E-state index in [0.717, 1.165) is 25.1 Å². The maximum Gasteiger partial charge on any atom is 0.239 e. The van der Waals surface area contributed by atoms with Gasteiger partial charge in [-0.05, 0) is 31.5 Å². The molecule has 0 amide bonds. The van der Waals surface area contributed by atoms with Gasteiger partial charge in [-0.3, -0.25) is 4.57 Å². The lowest BCUT2D eigenvalue weighted by Gasteiger charge is -2.28. The molecule has 1 fully saturated rings. The van der Waals surface area contributed by atoms with Gasteiger partial charge in [0.25, 0.3) is 0 Å². The van der Waals surface area contributed by atoms with Gasteiger partial charge in [-0.15, -0.1) is 10.2 Å². The third kappa shape index (κ3) is 4.65. The third-order valence-corrected chi connectivity index (χ3v) is 5.87. The van der Waals surface area contributed by atoms with E-state index in [1.54, 1.807) is 6.07 Å². The van der Waals surface area contributed by atoms with Gasteiger partial charge in [-0.2, -0.15) is 4.98 Å². The van der Waals surface area contributed by atoms with Crippen LogP contribution in [0.15, 0.2) is 33.9 Å². The Balaban J connectivity index is 1.62. The van der Waals surface area contributed by atoms with Crippen molar-refractivity contribution in [2.24, 2.45) is 0 Å². The van der Waals surface area contributed by atoms with E-state index in [1.807, 2.05) is 17.6 Å². The summed E-state index contributed by atoms with van der Waals surface area (Å²) >= 11 is 1.46. The van der Waals surface area contributed by atoms with Crippen LogP contribution >= 0.6 is 11.8 Å². The average molecular weight is 433 g/mol. The van der Waals surface area contributed by atoms with Crippen molar-refractivity contribution < 1.29 is 13.7 Å². The first-order chi connectivity index (χ1) is 14.7. The fourth-order valence-corrected chi connectivity index (χ4v) is 4.12.